The Morgan fingerprint density at radius 3 is 2.64 bits per heavy atom. The number of pyridine rings is 1. The number of non-ortho nitro benzene ring substituents is 1. The van der Waals surface area contributed by atoms with Crippen molar-refractivity contribution in [3.05, 3.63) is 70.3 Å². The van der Waals surface area contributed by atoms with Crippen molar-refractivity contribution < 1.29 is 27.6 Å². The summed E-state index contributed by atoms with van der Waals surface area (Å²) >= 11 is 0. The van der Waals surface area contributed by atoms with E-state index in [0.717, 1.165) is 29.7 Å². The molecule has 2 heterocycles. The molecule has 4 rings (SSSR count). The normalized spacial score (nSPS) is 14.5. The van der Waals surface area contributed by atoms with Gasteiger partial charge in [-0.2, -0.15) is 18.3 Å². The fraction of sp³-hybridized carbons (Fsp3) is 0.286. The molecule has 33 heavy (non-hydrogen) atoms. The van der Waals surface area contributed by atoms with Crippen LogP contribution in [0.1, 0.15) is 43.1 Å². The number of benzene rings is 1. The van der Waals surface area contributed by atoms with E-state index in [1.165, 1.54) is 31.5 Å². The number of carbonyl (C=O) groups excluding carboxylic acids is 1. The lowest BCUT2D eigenvalue weighted by atomic mass is 10.2. The monoisotopic (exact) mass is 461 g/mol. The first-order valence-corrected chi connectivity index (χ1v) is 9.96. The van der Waals surface area contributed by atoms with Crippen LogP contribution in [0.3, 0.4) is 0 Å². The molecule has 1 N–H and O–H groups in total. The number of rotatable bonds is 7. The minimum atomic E-state index is -4.64. The van der Waals surface area contributed by atoms with Crippen molar-refractivity contribution in [2.75, 3.05) is 5.32 Å². The molecule has 3 aromatic rings. The van der Waals surface area contributed by atoms with Crippen LogP contribution in [0.5, 0.6) is 11.5 Å². The molecule has 1 atom stereocenters. The second-order valence-electron chi connectivity index (χ2n) is 7.60. The van der Waals surface area contributed by atoms with Crippen molar-refractivity contribution in [2.24, 2.45) is 0 Å². The van der Waals surface area contributed by atoms with Crippen LogP contribution in [0.25, 0.3) is 0 Å². The van der Waals surface area contributed by atoms with Gasteiger partial charge in [-0.05, 0) is 38.0 Å². The predicted octanol–water partition coefficient (Wildman–Crippen LogP) is 5.07. The van der Waals surface area contributed by atoms with Gasteiger partial charge in [0.2, 0.25) is 5.91 Å². The fourth-order valence-electron chi connectivity index (χ4n) is 3.26. The van der Waals surface area contributed by atoms with Gasteiger partial charge in [-0.1, -0.05) is 0 Å². The summed E-state index contributed by atoms with van der Waals surface area (Å²) in [7, 11) is 0. The molecule has 1 aliphatic rings. The first-order valence-electron chi connectivity index (χ1n) is 9.96. The first kappa shape index (κ1) is 22.2. The topological polar surface area (TPSA) is 112 Å². The summed E-state index contributed by atoms with van der Waals surface area (Å²) in [6.07, 6.45) is -0.255. The Labute approximate surface area is 185 Å². The van der Waals surface area contributed by atoms with Crippen molar-refractivity contribution >= 4 is 17.3 Å². The van der Waals surface area contributed by atoms with Gasteiger partial charge in [-0.3, -0.25) is 24.6 Å². The van der Waals surface area contributed by atoms with E-state index in [9.17, 15) is 28.1 Å². The summed E-state index contributed by atoms with van der Waals surface area (Å²) in [5, 5.41) is 17.5. The number of amides is 1. The van der Waals surface area contributed by atoms with Gasteiger partial charge in [-0.15, -0.1) is 0 Å². The van der Waals surface area contributed by atoms with Crippen LogP contribution >= 0.6 is 0 Å². The van der Waals surface area contributed by atoms with Crippen molar-refractivity contribution in [2.45, 2.75) is 37.9 Å². The van der Waals surface area contributed by atoms with Gasteiger partial charge in [0.25, 0.3) is 5.69 Å². The molecule has 2 aromatic heterocycles. The molecular weight excluding hydrogens is 443 g/mol. The average molecular weight is 461 g/mol. The highest BCUT2D eigenvalue weighted by molar-refractivity contribution is 5.94. The van der Waals surface area contributed by atoms with Gasteiger partial charge < -0.3 is 10.1 Å². The van der Waals surface area contributed by atoms with Gasteiger partial charge >= 0.3 is 6.18 Å². The lowest BCUT2D eigenvalue weighted by Gasteiger charge is -2.16. The number of carbonyl (C=O) groups is 1. The maximum Gasteiger partial charge on any atom is 0.435 e. The third kappa shape index (κ3) is 5.10. The summed E-state index contributed by atoms with van der Waals surface area (Å²) in [4.78, 5) is 27.4. The molecule has 1 fully saturated rings. The summed E-state index contributed by atoms with van der Waals surface area (Å²) in [6.45, 7) is 1.42. The minimum absolute atomic E-state index is 0.0520. The molecule has 1 saturated carbocycles. The molecule has 1 aromatic carbocycles. The maximum absolute atomic E-state index is 13.2. The highest BCUT2D eigenvalue weighted by Crippen LogP contribution is 2.43. The molecule has 9 nitrogen and oxygen atoms in total. The van der Waals surface area contributed by atoms with E-state index in [1.54, 1.807) is 12.1 Å². The molecule has 12 heteroatoms. The summed E-state index contributed by atoms with van der Waals surface area (Å²) in [6, 6.07) is 6.78. The Hall–Kier alpha value is -3.96. The van der Waals surface area contributed by atoms with Crippen molar-refractivity contribution in [1.29, 1.82) is 0 Å². The predicted molar refractivity (Wildman–Crippen MR) is 110 cm³/mol. The molecule has 0 bridgehead atoms. The zero-order valence-corrected chi connectivity index (χ0v) is 17.2. The van der Waals surface area contributed by atoms with Crippen LogP contribution in [-0.4, -0.2) is 25.6 Å². The fourth-order valence-corrected chi connectivity index (χ4v) is 3.26. The van der Waals surface area contributed by atoms with Crippen LogP contribution in [-0.2, 0) is 11.0 Å². The van der Waals surface area contributed by atoms with E-state index in [4.69, 9.17) is 4.74 Å². The highest BCUT2D eigenvalue weighted by atomic mass is 19.4. The van der Waals surface area contributed by atoms with E-state index in [0.29, 0.717) is 11.4 Å². The number of ether oxygens (including phenoxy) is 1. The third-order valence-corrected chi connectivity index (χ3v) is 5.04. The van der Waals surface area contributed by atoms with Gasteiger partial charge in [0.1, 0.15) is 17.5 Å². The molecule has 0 spiro atoms. The molecular formula is C21H18F3N5O4. The lowest BCUT2D eigenvalue weighted by molar-refractivity contribution is -0.384. The number of aromatic nitrogens is 3. The molecule has 1 unspecified atom stereocenters. The van der Waals surface area contributed by atoms with Crippen molar-refractivity contribution in [3.8, 4) is 11.5 Å². The number of halogens is 3. The Morgan fingerprint density at radius 1 is 1.27 bits per heavy atom. The third-order valence-electron chi connectivity index (χ3n) is 5.04. The van der Waals surface area contributed by atoms with Crippen molar-refractivity contribution in [1.82, 2.24) is 14.8 Å². The second kappa shape index (κ2) is 8.52. The Morgan fingerprint density at radius 2 is 2.03 bits per heavy atom. The zero-order chi connectivity index (χ0) is 23.8. The Bertz CT molecular complexity index is 1190. The minimum Gasteiger partial charge on any atom is -0.455 e. The van der Waals surface area contributed by atoms with Crippen molar-refractivity contribution in [3.63, 3.8) is 0 Å². The highest BCUT2D eigenvalue weighted by Gasteiger charge is 2.39. The van der Waals surface area contributed by atoms with E-state index in [2.05, 4.69) is 15.4 Å². The summed E-state index contributed by atoms with van der Waals surface area (Å²) in [5.74, 6) is -0.353. The van der Waals surface area contributed by atoms with Crippen LogP contribution in [0, 0.1) is 10.1 Å². The molecule has 0 radical (unpaired) electrons. The second-order valence-corrected chi connectivity index (χ2v) is 7.60. The van der Waals surface area contributed by atoms with E-state index >= 15 is 0 Å². The van der Waals surface area contributed by atoms with E-state index in [1.807, 2.05) is 0 Å². The van der Waals surface area contributed by atoms with Gasteiger partial charge in [0.15, 0.2) is 5.69 Å². The number of hydrogen-bond donors (Lipinski definition) is 1. The quantitative estimate of drug-likeness (QED) is 0.388. The van der Waals surface area contributed by atoms with Crippen LogP contribution in [0.2, 0.25) is 0 Å². The number of nitro benzene ring substituents is 1. The molecule has 1 amide bonds. The van der Waals surface area contributed by atoms with Crippen LogP contribution in [0.15, 0.2) is 48.8 Å². The number of nitrogens with one attached hydrogen (secondary N) is 1. The van der Waals surface area contributed by atoms with Gasteiger partial charge in [0, 0.05) is 29.9 Å². The van der Waals surface area contributed by atoms with Crippen LogP contribution in [0.4, 0.5) is 24.5 Å². The Balaban J connectivity index is 1.59. The molecule has 0 saturated heterocycles. The SMILES string of the molecule is CC(C(=O)Nc1cc(Oc2cccnc2)cc([N+](=O)[O-])c1)n1nc(C(F)(F)F)cc1C1CC1. The Kier molecular flexibility index (Phi) is 5.75. The van der Waals surface area contributed by atoms with E-state index < -0.39 is 28.7 Å². The number of nitro groups is 1. The first-order chi connectivity index (χ1) is 15.6. The lowest BCUT2D eigenvalue weighted by Crippen LogP contribution is -2.26. The summed E-state index contributed by atoms with van der Waals surface area (Å²) < 4.78 is 46.1. The molecule has 172 valence electrons. The standard InChI is InChI=1S/C21H18F3N5O4/c1-12(28-18(13-4-5-13)10-19(27-28)21(22,23)24)20(30)26-14-7-15(29(31)32)9-17(8-14)33-16-3-2-6-25-11-16/h2-3,6-13H,4-5H2,1H3,(H,26,30). The number of hydrogen-bond acceptors (Lipinski definition) is 6. The zero-order valence-electron chi connectivity index (χ0n) is 17.2. The molecule has 0 aliphatic heterocycles. The maximum atomic E-state index is 13.2. The van der Waals surface area contributed by atoms with Gasteiger partial charge in [-0.25, -0.2) is 0 Å². The van der Waals surface area contributed by atoms with E-state index in [-0.39, 0.29) is 23.0 Å². The number of anilines is 1. The summed E-state index contributed by atoms with van der Waals surface area (Å²) in [5.41, 5.74) is -1.01. The number of nitrogens with zero attached hydrogens (tertiary/aromatic N) is 4. The van der Waals surface area contributed by atoms with Crippen LogP contribution < -0.4 is 10.1 Å². The smallest absolute Gasteiger partial charge is 0.435 e. The average Bonchev–Trinajstić information content (AvgIpc) is 3.50. The molecule has 1 aliphatic carbocycles. The number of alkyl halides is 3. The van der Waals surface area contributed by atoms with Gasteiger partial charge in [0.05, 0.1) is 22.9 Å². The largest absolute Gasteiger partial charge is 0.455 e.